The molecule has 0 spiro atoms. The number of nitrogens with zero attached hydrogens (tertiary/aromatic N) is 2. The molecule has 1 saturated carbocycles. The van der Waals surface area contributed by atoms with Crippen molar-refractivity contribution in [3.63, 3.8) is 0 Å². The van der Waals surface area contributed by atoms with Gasteiger partial charge in [0.2, 0.25) is 5.89 Å². The Morgan fingerprint density at radius 3 is 2.61 bits per heavy atom. The van der Waals surface area contributed by atoms with Gasteiger partial charge in [-0.25, -0.2) is 0 Å². The van der Waals surface area contributed by atoms with E-state index in [0.29, 0.717) is 29.8 Å². The van der Waals surface area contributed by atoms with Gasteiger partial charge < -0.3 is 24.8 Å². The number of benzene rings is 1. The summed E-state index contributed by atoms with van der Waals surface area (Å²) < 4.78 is 11.4. The largest absolute Gasteiger partial charge is 0.507 e. The fourth-order valence-electron chi connectivity index (χ4n) is 5.09. The number of nitrogens with one attached hydrogen (secondary N) is 1. The highest BCUT2D eigenvalue weighted by atomic mass is 32.2. The first-order valence-corrected chi connectivity index (χ1v) is 13.8. The minimum Gasteiger partial charge on any atom is -0.507 e. The summed E-state index contributed by atoms with van der Waals surface area (Å²) in [7, 11) is 0. The highest BCUT2D eigenvalue weighted by Gasteiger charge is 2.56. The summed E-state index contributed by atoms with van der Waals surface area (Å²) >= 11 is 1.64. The average molecular weight is 540 g/mol. The molecule has 1 fully saturated rings. The number of phenolic OH excluding ortho intramolecular Hbond substituents is 2. The van der Waals surface area contributed by atoms with E-state index in [1.54, 1.807) is 18.7 Å². The molecule has 0 amide bonds. The van der Waals surface area contributed by atoms with Crippen molar-refractivity contribution in [2.45, 2.75) is 64.3 Å². The molecule has 1 aromatic heterocycles. The van der Waals surface area contributed by atoms with Crippen molar-refractivity contribution >= 4 is 29.1 Å². The van der Waals surface area contributed by atoms with Crippen LogP contribution in [0.3, 0.4) is 0 Å². The summed E-state index contributed by atoms with van der Waals surface area (Å²) in [6.07, 6.45) is 5.85. The quantitative estimate of drug-likeness (QED) is 0.254. The van der Waals surface area contributed by atoms with E-state index in [4.69, 9.17) is 9.26 Å². The van der Waals surface area contributed by atoms with Crippen molar-refractivity contribution in [1.29, 1.82) is 0 Å². The lowest BCUT2D eigenvalue weighted by Crippen LogP contribution is -2.41. The number of fused-ring (bicyclic) bond motifs is 3. The fraction of sp³-hybridized carbons (Fsp3) is 0.444. The van der Waals surface area contributed by atoms with Gasteiger partial charge in [-0.2, -0.15) is 16.7 Å². The van der Waals surface area contributed by atoms with Crippen molar-refractivity contribution in [3.8, 4) is 17.2 Å². The van der Waals surface area contributed by atoms with Crippen LogP contribution in [-0.4, -0.2) is 49.7 Å². The lowest BCUT2D eigenvalue weighted by molar-refractivity contribution is -0.123. The van der Waals surface area contributed by atoms with Crippen LogP contribution in [0, 0.1) is 6.92 Å². The lowest BCUT2D eigenvalue weighted by Gasteiger charge is -2.29. The van der Waals surface area contributed by atoms with E-state index in [1.165, 1.54) is 26.8 Å². The zero-order chi connectivity index (χ0) is 27.5. The van der Waals surface area contributed by atoms with Gasteiger partial charge >= 0.3 is 0 Å². The second-order valence-corrected chi connectivity index (χ2v) is 11.1. The SMILES string of the molecule is CSCC[C@@H](N/C(C)=C1\C(=O)C=C2Oc3c(C(C)=O)c(O)c(C)c(O)c3[C@@]2(C)C1=O)c1nc(C2CC2)no1. The van der Waals surface area contributed by atoms with Crippen molar-refractivity contribution in [1.82, 2.24) is 15.5 Å². The number of thioether (sulfide) groups is 1. The maximum absolute atomic E-state index is 14.1. The molecule has 11 heteroatoms. The molecular formula is C27H29N3O7S. The Labute approximate surface area is 223 Å². The molecule has 2 aromatic rings. The Morgan fingerprint density at radius 2 is 1.97 bits per heavy atom. The van der Waals surface area contributed by atoms with Crippen LogP contribution in [0.5, 0.6) is 17.2 Å². The van der Waals surface area contributed by atoms with Crippen molar-refractivity contribution in [2.75, 3.05) is 12.0 Å². The Kier molecular flexibility index (Phi) is 6.37. The number of phenols is 2. The number of hydrogen-bond acceptors (Lipinski definition) is 11. The third-order valence-electron chi connectivity index (χ3n) is 7.46. The van der Waals surface area contributed by atoms with Crippen LogP contribution < -0.4 is 10.1 Å². The number of rotatable bonds is 8. The molecule has 1 aromatic carbocycles. The van der Waals surface area contributed by atoms with Gasteiger partial charge in [0.05, 0.1) is 11.1 Å². The summed E-state index contributed by atoms with van der Waals surface area (Å²) in [5.41, 5.74) is -1.40. The zero-order valence-electron chi connectivity index (χ0n) is 21.8. The second-order valence-electron chi connectivity index (χ2n) is 10.1. The Morgan fingerprint density at radius 1 is 1.26 bits per heavy atom. The van der Waals surface area contributed by atoms with Crippen LogP contribution in [0.2, 0.25) is 0 Å². The van der Waals surface area contributed by atoms with E-state index in [2.05, 4.69) is 15.5 Å². The van der Waals surface area contributed by atoms with Crippen LogP contribution in [0.15, 0.2) is 27.6 Å². The van der Waals surface area contributed by atoms with Crippen molar-refractivity contribution in [3.05, 3.63) is 51.5 Å². The number of ether oxygens (including phenoxy) is 1. The molecule has 0 bridgehead atoms. The summed E-state index contributed by atoms with van der Waals surface area (Å²) in [6, 6.07) is -0.419. The van der Waals surface area contributed by atoms with E-state index in [0.717, 1.165) is 18.6 Å². The molecule has 10 nitrogen and oxygen atoms in total. The van der Waals surface area contributed by atoms with E-state index in [1.807, 2.05) is 6.26 Å². The molecule has 200 valence electrons. The minimum absolute atomic E-state index is 0.00763. The number of ketones is 3. The topological polar surface area (TPSA) is 152 Å². The number of carbonyl (C=O) groups is 3. The predicted octanol–water partition coefficient (Wildman–Crippen LogP) is 3.91. The van der Waals surface area contributed by atoms with Crippen LogP contribution >= 0.6 is 11.8 Å². The fourth-order valence-corrected chi connectivity index (χ4v) is 5.56. The van der Waals surface area contributed by atoms with Crippen molar-refractivity contribution < 1.29 is 33.9 Å². The normalized spacial score (nSPS) is 22.4. The van der Waals surface area contributed by atoms with Crippen LogP contribution in [0.25, 0.3) is 0 Å². The second kappa shape index (κ2) is 9.30. The molecule has 3 aliphatic rings. The van der Waals surface area contributed by atoms with Gasteiger partial charge in [0.25, 0.3) is 0 Å². The Bertz CT molecular complexity index is 1450. The Balaban J connectivity index is 1.57. The molecule has 2 heterocycles. The molecule has 0 unspecified atom stereocenters. The molecular weight excluding hydrogens is 510 g/mol. The first-order chi connectivity index (χ1) is 18.0. The Hall–Kier alpha value is -3.60. The smallest absolute Gasteiger partial charge is 0.249 e. The van der Waals surface area contributed by atoms with E-state index < -0.39 is 34.6 Å². The molecule has 3 N–H and O–H groups in total. The molecule has 38 heavy (non-hydrogen) atoms. The maximum Gasteiger partial charge on any atom is 0.249 e. The van der Waals surface area contributed by atoms with Gasteiger partial charge in [0.15, 0.2) is 23.2 Å². The lowest BCUT2D eigenvalue weighted by atomic mass is 9.70. The summed E-state index contributed by atoms with van der Waals surface area (Å²) in [5.74, 6) is -0.425. The number of aromatic nitrogens is 2. The van der Waals surface area contributed by atoms with Crippen LogP contribution in [0.1, 0.15) is 85.2 Å². The summed E-state index contributed by atoms with van der Waals surface area (Å²) in [5, 5.41) is 28.9. The van der Waals surface area contributed by atoms with Gasteiger partial charge in [-0.3, -0.25) is 14.4 Å². The molecule has 0 radical (unpaired) electrons. The van der Waals surface area contributed by atoms with Gasteiger partial charge in [-0.1, -0.05) is 5.16 Å². The van der Waals surface area contributed by atoms with Crippen molar-refractivity contribution in [2.24, 2.45) is 0 Å². The van der Waals surface area contributed by atoms with E-state index in [9.17, 15) is 24.6 Å². The number of aromatic hydroxyl groups is 2. The van der Waals surface area contributed by atoms with Gasteiger partial charge in [-0.05, 0) is 59.0 Å². The van der Waals surface area contributed by atoms with E-state index >= 15 is 0 Å². The summed E-state index contributed by atoms with van der Waals surface area (Å²) in [4.78, 5) is 44.2. The van der Waals surface area contributed by atoms with Gasteiger partial charge in [0, 0.05) is 23.3 Å². The molecule has 5 rings (SSSR count). The van der Waals surface area contributed by atoms with Crippen LogP contribution in [0.4, 0.5) is 0 Å². The van der Waals surface area contributed by atoms with E-state index in [-0.39, 0.29) is 39.5 Å². The third kappa shape index (κ3) is 3.91. The summed E-state index contributed by atoms with van der Waals surface area (Å²) in [6.45, 7) is 5.87. The maximum atomic E-state index is 14.1. The molecule has 1 aliphatic heterocycles. The first-order valence-electron chi connectivity index (χ1n) is 12.4. The highest BCUT2D eigenvalue weighted by Crippen LogP contribution is 2.57. The van der Waals surface area contributed by atoms with Gasteiger partial charge in [-0.15, -0.1) is 0 Å². The van der Waals surface area contributed by atoms with Crippen LogP contribution in [-0.2, 0) is 15.0 Å². The average Bonchev–Trinajstić information content (AvgIpc) is 3.51. The monoisotopic (exact) mass is 539 g/mol. The number of hydrogen-bond donors (Lipinski definition) is 3. The molecule has 2 aliphatic carbocycles. The number of carbonyl (C=O) groups excluding carboxylic acids is 3. The molecule has 2 atom stereocenters. The standard InChI is InChI=1S/C27H29N3O7S/c1-11-21(33)19(13(3)31)23-20(22(11)34)27(4)17(36-23)10-16(32)18(24(27)35)12(2)28-15(8-9-38-5)26-29-25(30-37-26)14-6-7-14/h10,14-15,28,33-34H,6-9H2,1-5H3/b18-12+/t15-,27+/m1/s1. The first kappa shape index (κ1) is 26.0. The number of allylic oxidation sites excluding steroid dienone is 4. The third-order valence-corrected chi connectivity index (χ3v) is 8.10. The predicted molar refractivity (Wildman–Crippen MR) is 138 cm³/mol. The molecule has 0 saturated heterocycles. The minimum atomic E-state index is -1.58. The number of Topliss-reactive ketones (excluding diaryl/α,β-unsaturated/α-hetero) is 2. The zero-order valence-corrected chi connectivity index (χ0v) is 22.6. The highest BCUT2D eigenvalue weighted by molar-refractivity contribution is 7.98. The van der Waals surface area contributed by atoms with Gasteiger partial charge in [0.1, 0.15) is 40.0 Å².